The topological polar surface area (TPSA) is 91.8 Å². The normalized spacial score (nSPS) is 10.9. The number of aromatic nitrogens is 1. The molecule has 5 nitrogen and oxygen atoms in total. The van der Waals surface area contributed by atoms with E-state index in [4.69, 9.17) is 5.73 Å². The third kappa shape index (κ3) is 3.91. The maximum atomic E-state index is 11.1. The molecule has 1 amide bonds. The first kappa shape index (κ1) is 16.4. The Hall–Kier alpha value is -3.43. The van der Waals surface area contributed by atoms with Crippen LogP contribution in [0.15, 0.2) is 66.2 Å². The minimum absolute atomic E-state index is 0.433. The van der Waals surface area contributed by atoms with E-state index in [1.807, 2.05) is 35.7 Å². The van der Waals surface area contributed by atoms with Gasteiger partial charge in [-0.05, 0) is 24.3 Å². The number of nitrogens with two attached hydrogens (primary N) is 1. The van der Waals surface area contributed by atoms with Crippen LogP contribution < -0.4 is 11.1 Å². The SMILES string of the molecule is N#C/C(=C\Nc1ccc(C(N)=O)cc1)c1nc(-c2ccccc2)cs1. The Kier molecular flexibility index (Phi) is 4.88. The van der Waals surface area contributed by atoms with Crippen molar-refractivity contribution >= 4 is 28.5 Å². The molecule has 3 N–H and O–H groups in total. The number of amides is 1. The third-order valence-corrected chi connectivity index (χ3v) is 4.35. The van der Waals surface area contributed by atoms with Gasteiger partial charge in [0.1, 0.15) is 16.6 Å². The molecule has 2 aromatic carbocycles. The van der Waals surface area contributed by atoms with Crippen LogP contribution in [0, 0.1) is 11.3 Å². The van der Waals surface area contributed by atoms with E-state index < -0.39 is 5.91 Å². The molecule has 0 saturated heterocycles. The van der Waals surface area contributed by atoms with Crippen LogP contribution in [-0.4, -0.2) is 10.9 Å². The summed E-state index contributed by atoms with van der Waals surface area (Å²) in [4.78, 5) is 15.6. The number of nitrogens with one attached hydrogen (secondary N) is 1. The van der Waals surface area contributed by atoms with Gasteiger partial charge in [-0.1, -0.05) is 30.3 Å². The predicted molar refractivity (Wildman–Crippen MR) is 99.7 cm³/mol. The molecule has 6 heteroatoms. The predicted octanol–water partition coefficient (Wildman–Crippen LogP) is 3.89. The number of thiazole rings is 1. The van der Waals surface area contributed by atoms with Crippen molar-refractivity contribution in [1.82, 2.24) is 4.98 Å². The van der Waals surface area contributed by atoms with Gasteiger partial charge in [0.05, 0.1) is 5.69 Å². The molecule has 0 spiro atoms. The van der Waals surface area contributed by atoms with E-state index in [1.165, 1.54) is 11.3 Å². The van der Waals surface area contributed by atoms with Crippen molar-refractivity contribution in [2.24, 2.45) is 5.73 Å². The van der Waals surface area contributed by atoms with E-state index in [0.29, 0.717) is 16.1 Å². The Morgan fingerprint density at radius 1 is 1.16 bits per heavy atom. The van der Waals surface area contributed by atoms with Gasteiger partial charge in [-0.2, -0.15) is 5.26 Å². The highest BCUT2D eigenvalue weighted by Gasteiger charge is 2.08. The Bertz CT molecular complexity index is 953. The molecule has 0 aliphatic carbocycles. The summed E-state index contributed by atoms with van der Waals surface area (Å²) in [5.74, 6) is -0.476. The number of hydrogen-bond donors (Lipinski definition) is 2. The van der Waals surface area contributed by atoms with Gasteiger partial charge < -0.3 is 11.1 Å². The monoisotopic (exact) mass is 346 g/mol. The summed E-state index contributed by atoms with van der Waals surface area (Å²) in [6, 6.07) is 18.7. The van der Waals surface area contributed by atoms with E-state index in [1.54, 1.807) is 30.5 Å². The second kappa shape index (κ2) is 7.43. The lowest BCUT2D eigenvalue weighted by Crippen LogP contribution is -2.10. The van der Waals surface area contributed by atoms with Crippen molar-refractivity contribution in [2.75, 3.05) is 5.32 Å². The maximum Gasteiger partial charge on any atom is 0.248 e. The smallest absolute Gasteiger partial charge is 0.248 e. The second-order valence-electron chi connectivity index (χ2n) is 5.16. The van der Waals surface area contributed by atoms with Gasteiger partial charge in [0.2, 0.25) is 5.91 Å². The molecule has 0 aliphatic heterocycles. The van der Waals surface area contributed by atoms with Gasteiger partial charge in [0.15, 0.2) is 0 Å². The molecule has 0 saturated carbocycles. The molecular weight excluding hydrogens is 332 g/mol. The van der Waals surface area contributed by atoms with Gasteiger partial charge in [0.25, 0.3) is 0 Å². The molecular formula is C19H14N4OS. The maximum absolute atomic E-state index is 11.1. The Morgan fingerprint density at radius 2 is 1.88 bits per heavy atom. The van der Waals surface area contributed by atoms with Gasteiger partial charge in [0, 0.05) is 28.4 Å². The molecule has 0 bridgehead atoms. The number of nitriles is 1. The molecule has 0 unspecified atom stereocenters. The number of hydrogen-bond acceptors (Lipinski definition) is 5. The number of primary amides is 1. The van der Waals surface area contributed by atoms with E-state index in [-0.39, 0.29) is 0 Å². The number of anilines is 1. The summed E-state index contributed by atoms with van der Waals surface area (Å²) in [5.41, 5.74) is 8.68. The Balaban J connectivity index is 1.78. The van der Waals surface area contributed by atoms with Crippen molar-refractivity contribution in [3.05, 3.63) is 76.7 Å². The average molecular weight is 346 g/mol. The molecule has 1 heterocycles. The molecule has 3 aromatic rings. The first-order valence-corrected chi connectivity index (χ1v) is 8.33. The van der Waals surface area contributed by atoms with Gasteiger partial charge >= 0.3 is 0 Å². The zero-order valence-electron chi connectivity index (χ0n) is 13.1. The van der Waals surface area contributed by atoms with Gasteiger partial charge in [-0.25, -0.2) is 4.98 Å². The van der Waals surface area contributed by atoms with Crippen LogP contribution in [0.1, 0.15) is 15.4 Å². The largest absolute Gasteiger partial charge is 0.366 e. The highest BCUT2D eigenvalue weighted by molar-refractivity contribution is 7.11. The Morgan fingerprint density at radius 3 is 2.52 bits per heavy atom. The first-order chi connectivity index (χ1) is 12.2. The highest BCUT2D eigenvalue weighted by Crippen LogP contribution is 2.25. The molecule has 0 radical (unpaired) electrons. The summed E-state index contributed by atoms with van der Waals surface area (Å²) in [5, 5.41) is 15.0. The van der Waals surface area contributed by atoms with E-state index in [0.717, 1.165) is 16.9 Å². The first-order valence-electron chi connectivity index (χ1n) is 7.45. The van der Waals surface area contributed by atoms with Gasteiger partial charge in [-0.15, -0.1) is 11.3 Å². The fraction of sp³-hybridized carbons (Fsp3) is 0. The number of benzene rings is 2. The lowest BCUT2D eigenvalue weighted by Gasteiger charge is -2.02. The molecule has 3 rings (SSSR count). The quantitative estimate of drug-likeness (QED) is 0.686. The fourth-order valence-corrected chi connectivity index (χ4v) is 2.96. The van der Waals surface area contributed by atoms with Crippen molar-refractivity contribution in [3.63, 3.8) is 0 Å². The van der Waals surface area contributed by atoms with E-state index in [9.17, 15) is 10.1 Å². The minimum Gasteiger partial charge on any atom is -0.366 e. The number of nitrogens with zero attached hydrogens (tertiary/aromatic N) is 2. The third-order valence-electron chi connectivity index (χ3n) is 3.48. The zero-order valence-corrected chi connectivity index (χ0v) is 14.0. The number of rotatable bonds is 5. The van der Waals surface area contributed by atoms with Crippen molar-refractivity contribution in [3.8, 4) is 17.3 Å². The van der Waals surface area contributed by atoms with Crippen molar-refractivity contribution in [1.29, 1.82) is 5.26 Å². The lowest BCUT2D eigenvalue weighted by molar-refractivity contribution is 0.100. The van der Waals surface area contributed by atoms with Crippen molar-refractivity contribution < 1.29 is 4.79 Å². The van der Waals surface area contributed by atoms with Crippen molar-refractivity contribution in [2.45, 2.75) is 0 Å². The molecule has 25 heavy (non-hydrogen) atoms. The summed E-state index contributed by atoms with van der Waals surface area (Å²) in [6.07, 6.45) is 1.60. The molecule has 0 aliphatic rings. The second-order valence-corrected chi connectivity index (χ2v) is 6.02. The lowest BCUT2D eigenvalue weighted by atomic mass is 10.2. The molecule has 122 valence electrons. The van der Waals surface area contributed by atoms with Gasteiger partial charge in [-0.3, -0.25) is 4.79 Å². The number of carbonyl (C=O) groups is 1. The molecule has 0 atom stereocenters. The summed E-state index contributed by atoms with van der Waals surface area (Å²) < 4.78 is 0. The van der Waals surface area contributed by atoms with Crippen LogP contribution in [-0.2, 0) is 0 Å². The molecule has 1 aromatic heterocycles. The highest BCUT2D eigenvalue weighted by atomic mass is 32.1. The fourth-order valence-electron chi connectivity index (χ4n) is 2.17. The van der Waals surface area contributed by atoms with Crippen LogP contribution >= 0.6 is 11.3 Å². The number of carbonyl (C=O) groups excluding carboxylic acids is 1. The number of allylic oxidation sites excluding steroid dienone is 1. The van der Waals surface area contributed by atoms with E-state index in [2.05, 4.69) is 16.4 Å². The van der Waals surface area contributed by atoms with Crippen LogP contribution in [0.25, 0.3) is 16.8 Å². The van der Waals surface area contributed by atoms with Crippen LogP contribution in [0.5, 0.6) is 0 Å². The van der Waals surface area contributed by atoms with E-state index >= 15 is 0 Å². The van der Waals surface area contributed by atoms with Crippen LogP contribution in [0.3, 0.4) is 0 Å². The Labute approximate surface area is 149 Å². The van der Waals surface area contributed by atoms with Crippen LogP contribution in [0.2, 0.25) is 0 Å². The zero-order chi connectivity index (χ0) is 17.6. The summed E-state index contributed by atoms with van der Waals surface area (Å²) in [6.45, 7) is 0. The van der Waals surface area contributed by atoms with Crippen LogP contribution in [0.4, 0.5) is 5.69 Å². The summed E-state index contributed by atoms with van der Waals surface area (Å²) >= 11 is 1.42. The minimum atomic E-state index is -0.476. The standard InChI is InChI=1S/C19H14N4OS/c20-10-15(11-22-16-8-6-14(7-9-16)18(21)24)19-23-17(12-25-19)13-4-2-1-3-5-13/h1-9,11-12,22H,(H2,21,24)/b15-11+. The average Bonchev–Trinajstić information content (AvgIpc) is 3.13. The summed E-state index contributed by atoms with van der Waals surface area (Å²) in [7, 11) is 0. The molecule has 0 fully saturated rings.